The second-order valence-corrected chi connectivity index (χ2v) is 2.91. The Kier molecular flexibility index (Phi) is 2.79. The van der Waals surface area contributed by atoms with Crippen molar-refractivity contribution in [2.45, 2.75) is 31.3 Å². The van der Waals surface area contributed by atoms with Crippen LogP contribution in [0, 0.1) is 0 Å². The molecule has 1 fully saturated rings. The van der Waals surface area contributed by atoms with E-state index in [0.29, 0.717) is 0 Å². The number of ether oxygens (including phenoxy) is 1. The molecule has 3 N–H and O–H groups in total. The van der Waals surface area contributed by atoms with Gasteiger partial charge >= 0.3 is 0 Å². The smallest absolute Gasteiger partial charge is 0.160 e. The number of carbonyl (C=O) groups is 1. The molecule has 5 heteroatoms. The van der Waals surface area contributed by atoms with Gasteiger partial charge in [0.1, 0.15) is 24.4 Å². The normalized spacial score (nSPS) is 38.2. The Balaban J connectivity index is 2.59. The van der Waals surface area contributed by atoms with Gasteiger partial charge in [-0.15, -0.1) is 0 Å². The second kappa shape index (κ2) is 3.49. The molecule has 1 aliphatic rings. The minimum atomic E-state index is -1.35. The minimum Gasteiger partial charge on any atom is -0.388 e. The van der Waals surface area contributed by atoms with Crippen molar-refractivity contribution in [2.75, 3.05) is 6.61 Å². The molecule has 0 aromatic rings. The topological polar surface area (TPSA) is 87.0 Å². The highest BCUT2D eigenvalue weighted by atomic mass is 16.5. The standard InChI is InChI=1S/C7H12O5/c1-3(8)5(10)7-6(11)4(9)2-12-7/h4-7,9-11H,2H2,1H3. The molecular weight excluding hydrogens is 164 g/mol. The van der Waals surface area contributed by atoms with Crippen LogP contribution in [0.15, 0.2) is 0 Å². The van der Waals surface area contributed by atoms with Gasteiger partial charge in [0, 0.05) is 0 Å². The molecule has 1 saturated heterocycles. The van der Waals surface area contributed by atoms with Gasteiger partial charge in [0.25, 0.3) is 0 Å². The first-order chi connectivity index (χ1) is 5.54. The van der Waals surface area contributed by atoms with E-state index in [0.717, 1.165) is 0 Å². The molecule has 0 spiro atoms. The molecule has 0 radical (unpaired) electrons. The lowest BCUT2D eigenvalue weighted by Gasteiger charge is -2.18. The van der Waals surface area contributed by atoms with Gasteiger partial charge in [-0.05, 0) is 6.92 Å². The molecule has 1 rings (SSSR count). The molecule has 1 aliphatic heterocycles. The fraction of sp³-hybridized carbons (Fsp3) is 0.857. The number of ketones is 1. The summed E-state index contributed by atoms with van der Waals surface area (Å²) < 4.78 is 4.83. The lowest BCUT2D eigenvalue weighted by molar-refractivity contribution is -0.135. The monoisotopic (exact) mass is 176 g/mol. The summed E-state index contributed by atoms with van der Waals surface area (Å²) in [5.74, 6) is -0.479. The predicted molar refractivity (Wildman–Crippen MR) is 38.4 cm³/mol. The summed E-state index contributed by atoms with van der Waals surface area (Å²) in [5.41, 5.74) is 0. The highest BCUT2D eigenvalue weighted by molar-refractivity contribution is 5.80. The number of rotatable bonds is 2. The van der Waals surface area contributed by atoms with E-state index in [1.807, 2.05) is 0 Å². The number of carbonyl (C=O) groups excluding carboxylic acids is 1. The summed E-state index contributed by atoms with van der Waals surface area (Å²) in [4.78, 5) is 10.7. The van der Waals surface area contributed by atoms with Crippen molar-refractivity contribution in [3.63, 3.8) is 0 Å². The zero-order chi connectivity index (χ0) is 9.30. The molecule has 0 aromatic carbocycles. The average Bonchev–Trinajstić information content (AvgIpc) is 2.32. The Morgan fingerprint density at radius 1 is 1.58 bits per heavy atom. The van der Waals surface area contributed by atoms with Gasteiger partial charge < -0.3 is 20.1 Å². The van der Waals surface area contributed by atoms with E-state index in [9.17, 15) is 9.90 Å². The maximum absolute atomic E-state index is 10.7. The van der Waals surface area contributed by atoms with Crippen molar-refractivity contribution in [1.82, 2.24) is 0 Å². The molecule has 70 valence electrons. The van der Waals surface area contributed by atoms with E-state index in [1.165, 1.54) is 6.92 Å². The van der Waals surface area contributed by atoms with Gasteiger partial charge in [0.05, 0.1) is 6.61 Å². The molecule has 5 nitrogen and oxygen atoms in total. The Bertz CT molecular complexity index is 181. The van der Waals surface area contributed by atoms with E-state index in [-0.39, 0.29) is 6.61 Å². The quantitative estimate of drug-likeness (QED) is 0.455. The molecule has 0 bridgehead atoms. The first-order valence-corrected chi connectivity index (χ1v) is 3.70. The van der Waals surface area contributed by atoms with Crippen LogP contribution in [-0.4, -0.2) is 52.1 Å². The molecule has 0 aromatic heterocycles. The molecule has 1 heterocycles. The summed E-state index contributed by atoms with van der Waals surface area (Å²) in [6.45, 7) is 1.15. The molecular formula is C7H12O5. The lowest BCUT2D eigenvalue weighted by Crippen LogP contribution is -2.41. The highest BCUT2D eigenvalue weighted by Gasteiger charge is 2.40. The molecule has 0 aliphatic carbocycles. The maximum atomic E-state index is 10.7. The lowest BCUT2D eigenvalue weighted by atomic mass is 10.0. The van der Waals surface area contributed by atoms with Crippen LogP contribution in [0.2, 0.25) is 0 Å². The number of aliphatic hydroxyl groups is 3. The van der Waals surface area contributed by atoms with Crippen LogP contribution in [-0.2, 0) is 9.53 Å². The summed E-state index contributed by atoms with van der Waals surface area (Å²) in [7, 11) is 0. The fourth-order valence-corrected chi connectivity index (χ4v) is 1.14. The van der Waals surface area contributed by atoms with Crippen LogP contribution in [0.5, 0.6) is 0 Å². The largest absolute Gasteiger partial charge is 0.388 e. The summed E-state index contributed by atoms with van der Waals surface area (Å²) in [5, 5.41) is 27.4. The SMILES string of the molecule is CC(=O)C(O)C1OCC(O)C1O. The van der Waals surface area contributed by atoms with Crippen molar-refractivity contribution in [1.29, 1.82) is 0 Å². The number of hydrogen-bond donors (Lipinski definition) is 3. The zero-order valence-corrected chi connectivity index (χ0v) is 6.67. The van der Waals surface area contributed by atoms with Crippen LogP contribution in [0.1, 0.15) is 6.92 Å². The van der Waals surface area contributed by atoms with Gasteiger partial charge in [-0.25, -0.2) is 0 Å². The van der Waals surface area contributed by atoms with Crippen molar-refractivity contribution in [3.8, 4) is 0 Å². The van der Waals surface area contributed by atoms with Crippen LogP contribution in [0.25, 0.3) is 0 Å². The van der Waals surface area contributed by atoms with Crippen LogP contribution >= 0.6 is 0 Å². The van der Waals surface area contributed by atoms with E-state index in [1.54, 1.807) is 0 Å². The molecule has 0 amide bonds. The molecule has 4 atom stereocenters. The maximum Gasteiger partial charge on any atom is 0.160 e. The first-order valence-electron chi connectivity index (χ1n) is 3.70. The second-order valence-electron chi connectivity index (χ2n) is 2.91. The van der Waals surface area contributed by atoms with Crippen LogP contribution < -0.4 is 0 Å². The van der Waals surface area contributed by atoms with E-state index in [4.69, 9.17) is 14.9 Å². The zero-order valence-electron chi connectivity index (χ0n) is 6.67. The number of hydrogen-bond acceptors (Lipinski definition) is 5. The Hall–Kier alpha value is -0.490. The van der Waals surface area contributed by atoms with E-state index in [2.05, 4.69) is 0 Å². The average molecular weight is 176 g/mol. The first kappa shape index (κ1) is 9.60. The van der Waals surface area contributed by atoms with Crippen molar-refractivity contribution in [2.24, 2.45) is 0 Å². The Labute approximate surface area is 69.6 Å². The van der Waals surface area contributed by atoms with Crippen molar-refractivity contribution >= 4 is 5.78 Å². The molecule has 0 saturated carbocycles. The van der Waals surface area contributed by atoms with E-state index >= 15 is 0 Å². The minimum absolute atomic E-state index is 0.0455. The third-order valence-electron chi connectivity index (χ3n) is 1.92. The van der Waals surface area contributed by atoms with Gasteiger partial charge in [0.2, 0.25) is 0 Å². The summed E-state index contributed by atoms with van der Waals surface area (Å²) in [6.07, 6.45) is -4.53. The van der Waals surface area contributed by atoms with Gasteiger partial charge in [-0.1, -0.05) is 0 Å². The van der Waals surface area contributed by atoms with Crippen LogP contribution in [0.3, 0.4) is 0 Å². The predicted octanol–water partition coefficient (Wildman–Crippen LogP) is -1.94. The van der Waals surface area contributed by atoms with Crippen molar-refractivity contribution < 1.29 is 24.9 Å². The Morgan fingerprint density at radius 3 is 2.50 bits per heavy atom. The highest BCUT2D eigenvalue weighted by Crippen LogP contribution is 2.17. The third kappa shape index (κ3) is 1.64. The third-order valence-corrected chi connectivity index (χ3v) is 1.92. The number of aliphatic hydroxyl groups excluding tert-OH is 3. The van der Waals surface area contributed by atoms with Gasteiger partial charge in [-0.2, -0.15) is 0 Å². The fourth-order valence-electron chi connectivity index (χ4n) is 1.14. The van der Waals surface area contributed by atoms with Crippen LogP contribution in [0.4, 0.5) is 0 Å². The number of Topliss-reactive ketones (excluding diaryl/α,β-unsaturated/α-hetero) is 1. The molecule has 12 heavy (non-hydrogen) atoms. The summed E-state index contributed by atoms with van der Waals surface area (Å²) >= 11 is 0. The van der Waals surface area contributed by atoms with E-state index < -0.39 is 30.2 Å². The summed E-state index contributed by atoms with van der Waals surface area (Å²) in [6, 6.07) is 0. The Morgan fingerprint density at radius 2 is 2.17 bits per heavy atom. The molecule has 4 unspecified atom stereocenters. The van der Waals surface area contributed by atoms with Gasteiger partial charge in [0.15, 0.2) is 5.78 Å². The van der Waals surface area contributed by atoms with Crippen molar-refractivity contribution in [3.05, 3.63) is 0 Å². The van der Waals surface area contributed by atoms with Gasteiger partial charge in [-0.3, -0.25) is 4.79 Å².